The van der Waals surface area contributed by atoms with E-state index in [0.717, 1.165) is 44.5 Å². The van der Waals surface area contributed by atoms with Gasteiger partial charge >= 0.3 is 0 Å². The van der Waals surface area contributed by atoms with Crippen molar-refractivity contribution in [3.05, 3.63) is 29.8 Å². The molecule has 0 spiro atoms. The summed E-state index contributed by atoms with van der Waals surface area (Å²) in [5, 5.41) is 0. The largest absolute Gasteiger partial charge is 0.490 e. The number of benzene rings is 1. The van der Waals surface area contributed by atoms with E-state index in [-0.39, 0.29) is 18.1 Å². The van der Waals surface area contributed by atoms with Crippen molar-refractivity contribution in [2.45, 2.75) is 64.0 Å². The van der Waals surface area contributed by atoms with Crippen molar-refractivity contribution < 1.29 is 9.53 Å². The minimum Gasteiger partial charge on any atom is -0.490 e. The molecule has 132 valence electrons. The van der Waals surface area contributed by atoms with Crippen LogP contribution in [-0.2, 0) is 0 Å². The molecule has 0 aromatic heterocycles. The molecular weight excluding hydrogens is 300 g/mol. The van der Waals surface area contributed by atoms with Crippen LogP contribution in [0.4, 0.5) is 0 Å². The smallest absolute Gasteiger partial charge is 0.257 e. The van der Waals surface area contributed by atoms with Crippen LogP contribution in [0.2, 0.25) is 0 Å². The van der Waals surface area contributed by atoms with Crippen molar-refractivity contribution in [3.8, 4) is 5.75 Å². The zero-order valence-electron chi connectivity index (χ0n) is 14.7. The highest BCUT2D eigenvalue weighted by Crippen LogP contribution is 2.28. The number of carbonyl (C=O) groups is 1. The number of likely N-dealkylation sites (tertiary alicyclic amines) is 1. The first-order chi connectivity index (χ1) is 11.6. The highest BCUT2D eigenvalue weighted by molar-refractivity contribution is 5.97. The Labute approximate surface area is 145 Å². The van der Waals surface area contributed by atoms with Crippen LogP contribution in [-0.4, -0.2) is 36.0 Å². The molecule has 2 aliphatic rings. The van der Waals surface area contributed by atoms with Gasteiger partial charge in [-0.25, -0.2) is 0 Å². The van der Waals surface area contributed by atoms with Crippen molar-refractivity contribution in [2.24, 2.45) is 11.7 Å². The summed E-state index contributed by atoms with van der Waals surface area (Å²) in [5.41, 5.74) is 6.76. The Bertz CT molecular complexity index is 552. The second-order valence-corrected chi connectivity index (χ2v) is 7.39. The first-order valence-corrected chi connectivity index (χ1v) is 9.45. The standard InChI is InChI=1S/C20H30N2O2/c1-15(21)16-8-7-13-22(14-16)20(23)18-11-5-6-12-19(18)24-17-9-3-2-4-10-17/h5-6,11-12,15-17H,2-4,7-10,13-14,21H2,1H3/t15-,16-/m1/s1. The third-order valence-corrected chi connectivity index (χ3v) is 5.45. The minimum absolute atomic E-state index is 0.0896. The van der Waals surface area contributed by atoms with Crippen molar-refractivity contribution in [3.63, 3.8) is 0 Å². The van der Waals surface area contributed by atoms with Crippen LogP contribution in [0.1, 0.15) is 62.2 Å². The van der Waals surface area contributed by atoms with E-state index in [0.29, 0.717) is 11.5 Å². The van der Waals surface area contributed by atoms with Crippen LogP contribution in [0.5, 0.6) is 5.75 Å². The monoisotopic (exact) mass is 330 g/mol. The zero-order valence-corrected chi connectivity index (χ0v) is 14.7. The average molecular weight is 330 g/mol. The first-order valence-electron chi connectivity index (χ1n) is 9.45. The zero-order chi connectivity index (χ0) is 16.9. The summed E-state index contributed by atoms with van der Waals surface area (Å²) < 4.78 is 6.20. The van der Waals surface area contributed by atoms with Crippen molar-refractivity contribution in [1.82, 2.24) is 4.90 Å². The van der Waals surface area contributed by atoms with Gasteiger partial charge in [0.2, 0.25) is 0 Å². The Morgan fingerprint density at radius 3 is 2.67 bits per heavy atom. The number of rotatable bonds is 4. The maximum absolute atomic E-state index is 13.0. The van der Waals surface area contributed by atoms with Gasteiger partial charge in [-0.15, -0.1) is 0 Å². The number of hydrogen-bond acceptors (Lipinski definition) is 3. The lowest BCUT2D eigenvalue weighted by molar-refractivity contribution is 0.0651. The minimum atomic E-state index is 0.0896. The molecule has 24 heavy (non-hydrogen) atoms. The summed E-state index contributed by atoms with van der Waals surface area (Å²) >= 11 is 0. The number of piperidine rings is 1. The topological polar surface area (TPSA) is 55.6 Å². The van der Waals surface area contributed by atoms with Crippen molar-refractivity contribution in [1.29, 1.82) is 0 Å². The van der Waals surface area contributed by atoms with Crippen LogP contribution in [0.3, 0.4) is 0 Å². The number of amides is 1. The fourth-order valence-corrected chi connectivity index (χ4v) is 3.90. The third kappa shape index (κ3) is 4.10. The van der Waals surface area contributed by atoms with Gasteiger partial charge in [0.15, 0.2) is 0 Å². The number of para-hydroxylation sites is 1. The SMILES string of the molecule is C[C@@H](N)[C@@H]1CCCN(C(=O)c2ccccc2OC2CCCCC2)C1. The molecule has 2 N–H and O–H groups in total. The Hall–Kier alpha value is -1.55. The van der Waals surface area contributed by atoms with E-state index in [1.165, 1.54) is 19.3 Å². The van der Waals surface area contributed by atoms with Crippen LogP contribution in [0, 0.1) is 5.92 Å². The summed E-state index contributed by atoms with van der Waals surface area (Å²) in [6.45, 7) is 3.62. The lowest BCUT2D eigenvalue weighted by Crippen LogP contribution is -2.45. The predicted molar refractivity (Wildman–Crippen MR) is 96.2 cm³/mol. The fourth-order valence-electron chi connectivity index (χ4n) is 3.90. The normalized spacial score (nSPS) is 23.8. The summed E-state index contributed by atoms with van der Waals surface area (Å²) in [6.07, 6.45) is 8.34. The molecule has 0 bridgehead atoms. The average Bonchev–Trinajstić information content (AvgIpc) is 2.62. The van der Waals surface area contributed by atoms with E-state index in [9.17, 15) is 4.79 Å². The molecule has 4 heteroatoms. The summed E-state index contributed by atoms with van der Waals surface area (Å²) in [5.74, 6) is 1.23. The quantitative estimate of drug-likeness (QED) is 0.918. The first kappa shape index (κ1) is 17.3. The maximum Gasteiger partial charge on any atom is 0.257 e. The molecule has 1 saturated heterocycles. The van der Waals surface area contributed by atoms with Gasteiger partial charge in [0, 0.05) is 19.1 Å². The van der Waals surface area contributed by atoms with E-state index >= 15 is 0 Å². The van der Waals surface area contributed by atoms with E-state index in [4.69, 9.17) is 10.5 Å². The van der Waals surface area contributed by atoms with Gasteiger partial charge in [-0.05, 0) is 63.5 Å². The van der Waals surface area contributed by atoms with Crippen molar-refractivity contribution in [2.75, 3.05) is 13.1 Å². The van der Waals surface area contributed by atoms with Gasteiger partial charge in [0.25, 0.3) is 5.91 Å². The van der Waals surface area contributed by atoms with Gasteiger partial charge in [0.05, 0.1) is 11.7 Å². The van der Waals surface area contributed by atoms with Gasteiger partial charge in [0.1, 0.15) is 5.75 Å². The molecule has 1 heterocycles. The molecule has 1 amide bonds. The molecule has 1 aliphatic carbocycles. The fraction of sp³-hybridized carbons (Fsp3) is 0.650. The van der Waals surface area contributed by atoms with E-state index in [1.54, 1.807) is 0 Å². The summed E-state index contributed by atoms with van der Waals surface area (Å²) in [7, 11) is 0. The predicted octanol–water partition coefficient (Wildman–Crippen LogP) is 3.60. The Kier molecular flexibility index (Phi) is 5.77. The van der Waals surface area contributed by atoms with Crippen LogP contribution in [0.15, 0.2) is 24.3 Å². The van der Waals surface area contributed by atoms with E-state index < -0.39 is 0 Å². The Morgan fingerprint density at radius 2 is 1.92 bits per heavy atom. The molecule has 1 aromatic carbocycles. The second kappa shape index (κ2) is 8.02. The Balaban J connectivity index is 1.72. The van der Waals surface area contributed by atoms with Crippen LogP contribution >= 0.6 is 0 Å². The summed E-state index contributed by atoms with van der Waals surface area (Å²) in [4.78, 5) is 15.0. The van der Waals surface area contributed by atoms with Gasteiger partial charge in [-0.1, -0.05) is 18.6 Å². The maximum atomic E-state index is 13.0. The molecule has 0 unspecified atom stereocenters. The number of hydrogen-bond donors (Lipinski definition) is 1. The molecule has 4 nitrogen and oxygen atoms in total. The van der Waals surface area contributed by atoms with Crippen molar-refractivity contribution >= 4 is 5.91 Å². The van der Waals surface area contributed by atoms with E-state index in [2.05, 4.69) is 0 Å². The lowest BCUT2D eigenvalue weighted by atomic mass is 9.92. The van der Waals surface area contributed by atoms with Gasteiger partial charge in [-0.2, -0.15) is 0 Å². The number of ether oxygens (including phenoxy) is 1. The molecule has 1 saturated carbocycles. The molecule has 2 fully saturated rings. The summed E-state index contributed by atoms with van der Waals surface area (Å²) in [6, 6.07) is 7.85. The number of nitrogens with two attached hydrogens (primary N) is 1. The van der Waals surface area contributed by atoms with Crippen LogP contribution < -0.4 is 10.5 Å². The lowest BCUT2D eigenvalue weighted by Gasteiger charge is -2.35. The molecule has 1 aliphatic heterocycles. The number of nitrogens with zero attached hydrogens (tertiary/aromatic N) is 1. The highest BCUT2D eigenvalue weighted by atomic mass is 16.5. The molecule has 0 radical (unpaired) electrons. The second-order valence-electron chi connectivity index (χ2n) is 7.39. The molecule has 2 atom stereocenters. The number of carbonyl (C=O) groups excluding carboxylic acids is 1. The molecular formula is C20H30N2O2. The molecule has 3 rings (SSSR count). The van der Waals surface area contributed by atoms with Gasteiger partial charge < -0.3 is 15.4 Å². The van der Waals surface area contributed by atoms with Gasteiger partial charge in [-0.3, -0.25) is 4.79 Å². The van der Waals surface area contributed by atoms with Crippen LogP contribution in [0.25, 0.3) is 0 Å². The van der Waals surface area contributed by atoms with E-state index in [1.807, 2.05) is 36.1 Å². The third-order valence-electron chi connectivity index (χ3n) is 5.45. The highest BCUT2D eigenvalue weighted by Gasteiger charge is 2.28. The Morgan fingerprint density at radius 1 is 1.17 bits per heavy atom. The molecule has 1 aromatic rings.